The zero-order chi connectivity index (χ0) is 19.0. The molecule has 1 heterocycles. The van der Waals surface area contributed by atoms with Crippen molar-refractivity contribution in [2.75, 3.05) is 0 Å². The van der Waals surface area contributed by atoms with Crippen molar-refractivity contribution in [3.8, 4) is 0 Å². The number of hydrogen-bond acceptors (Lipinski definition) is 3. The molecular formula is C24H38O3. The van der Waals surface area contributed by atoms with Crippen LogP contribution in [-0.4, -0.2) is 22.8 Å². The molecule has 1 unspecified atom stereocenters. The summed E-state index contributed by atoms with van der Waals surface area (Å²) in [4.78, 5) is 12.3. The molecule has 5 rings (SSSR count). The van der Waals surface area contributed by atoms with Crippen LogP contribution in [0.3, 0.4) is 0 Å². The van der Waals surface area contributed by atoms with E-state index in [0.29, 0.717) is 29.6 Å². The van der Waals surface area contributed by atoms with Gasteiger partial charge in [0, 0.05) is 11.8 Å². The molecule has 9 atom stereocenters. The Morgan fingerprint density at radius 1 is 0.963 bits per heavy atom. The van der Waals surface area contributed by atoms with Crippen molar-refractivity contribution in [2.45, 2.75) is 103 Å². The highest BCUT2D eigenvalue weighted by Crippen LogP contribution is 2.70. The molecule has 0 radical (unpaired) electrons. The van der Waals surface area contributed by atoms with Crippen LogP contribution in [0.15, 0.2) is 0 Å². The molecule has 1 aliphatic heterocycles. The molecule has 5 aliphatic rings. The van der Waals surface area contributed by atoms with Gasteiger partial charge in [0.2, 0.25) is 0 Å². The van der Waals surface area contributed by atoms with Crippen LogP contribution in [0, 0.1) is 40.4 Å². The maximum atomic E-state index is 12.3. The monoisotopic (exact) mass is 374 g/mol. The molecule has 0 bridgehead atoms. The van der Waals surface area contributed by atoms with E-state index in [1.807, 2.05) is 0 Å². The van der Waals surface area contributed by atoms with Gasteiger partial charge in [-0.05, 0) is 99.2 Å². The van der Waals surface area contributed by atoms with Gasteiger partial charge in [0.15, 0.2) is 0 Å². The fraction of sp³-hybridized carbons (Fsp3) is 0.958. The standard InChI is InChI=1S/C24H38O3/c1-15-4-7-21(26)27-24(15)13-10-20-18-6-5-16-14-17(25)8-11-22(16,2)19(18)9-12-23(20,24)3/h15-20,25H,4-14H2,1-3H3/t15-,16-,17?,18-,19+,20+,22+,23+,24+/m1/s1. The van der Waals surface area contributed by atoms with Crippen LogP contribution in [0.25, 0.3) is 0 Å². The first-order chi connectivity index (χ1) is 12.8. The largest absolute Gasteiger partial charge is 0.458 e. The van der Waals surface area contributed by atoms with Crippen LogP contribution in [0.5, 0.6) is 0 Å². The summed E-state index contributed by atoms with van der Waals surface area (Å²) in [7, 11) is 0. The van der Waals surface area contributed by atoms with E-state index in [1.54, 1.807) is 0 Å². The molecule has 1 saturated heterocycles. The molecule has 0 aromatic rings. The molecule has 4 saturated carbocycles. The van der Waals surface area contributed by atoms with Crippen molar-refractivity contribution in [3.63, 3.8) is 0 Å². The molecule has 3 heteroatoms. The summed E-state index contributed by atoms with van der Waals surface area (Å²) in [6.45, 7) is 7.37. The first kappa shape index (κ1) is 18.5. The Morgan fingerprint density at radius 2 is 1.74 bits per heavy atom. The maximum absolute atomic E-state index is 12.3. The topological polar surface area (TPSA) is 46.5 Å². The average Bonchev–Trinajstić information content (AvgIpc) is 2.92. The van der Waals surface area contributed by atoms with Gasteiger partial charge in [-0.15, -0.1) is 0 Å². The van der Waals surface area contributed by atoms with E-state index in [2.05, 4.69) is 20.8 Å². The summed E-state index contributed by atoms with van der Waals surface area (Å²) < 4.78 is 6.27. The van der Waals surface area contributed by atoms with E-state index >= 15 is 0 Å². The number of carbonyl (C=O) groups is 1. The maximum Gasteiger partial charge on any atom is 0.306 e. The van der Waals surface area contributed by atoms with Crippen LogP contribution in [0.2, 0.25) is 0 Å². The number of carbonyl (C=O) groups excluding carboxylic acids is 1. The predicted octanol–water partition coefficient (Wildman–Crippen LogP) is 5.10. The number of rotatable bonds is 0. The minimum absolute atomic E-state index is 0.0500. The lowest BCUT2D eigenvalue weighted by Gasteiger charge is -2.62. The van der Waals surface area contributed by atoms with Gasteiger partial charge >= 0.3 is 5.97 Å². The number of esters is 1. The van der Waals surface area contributed by atoms with Gasteiger partial charge in [0.05, 0.1) is 6.10 Å². The lowest BCUT2D eigenvalue weighted by atomic mass is 9.44. The van der Waals surface area contributed by atoms with E-state index in [0.717, 1.165) is 37.5 Å². The molecular weight excluding hydrogens is 336 g/mol. The van der Waals surface area contributed by atoms with Crippen molar-refractivity contribution < 1.29 is 14.6 Å². The van der Waals surface area contributed by atoms with Crippen molar-refractivity contribution in [3.05, 3.63) is 0 Å². The second kappa shape index (κ2) is 5.97. The zero-order valence-corrected chi connectivity index (χ0v) is 17.5. The minimum Gasteiger partial charge on any atom is -0.458 e. The van der Waals surface area contributed by atoms with E-state index in [1.165, 1.54) is 38.5 Å². The van der Waals surface area contributed by atoms with Gasteiger partial charge in [-0.1, -0.05) is 20.8 Å². The molecule has 0 amide bonds. The number of aliphatic hydroxyl groups excluding tert-OH is 1. The van der Waals surface area contributed by atoms with Gasteiger partial charge in [-0.2, -0.15) is 0 Å². The summed E-state index contributed by atoms with van der Waals surface area (Å²) in [6, 6.07) is 0. The van der Waals surface area contributed by atoms with Crippen molar-refractivity contribution in [1.29, 1.82) is 0 Å². The normalized spacial score (nSPS) is 57.6. The molecule has 27 heavy (non-hydrogen) atoms. The molecule has 0 aromatic heterocycles. The molecule has 0 aromatic carbocycles. The molecule has 3 nitrogen and oxygen atoms in total. The quantitative estimate of drug-likeness (QED) is 0.600. The average molecular weight is 375 g/mol. The fourth-order valence-corrected chi connectivity index (χ4v) is 9.17. The summed E-state index contributed by atoms with van der Waals surface area (Å²) in [5.41, 5.74) is 0.396. The van der Waals surface area contributed by atoms with Crippen molar-refractivity contribution >= 4 is 5.97 Å². The van der Waals surface area contributed by atoms with Crippen LogP contribution in [-0.2, 0) is 9.53 Å². The van der Waals surface area contributed by atoms with E-state index in [-0.39, 0.29) is 23.1 Å². The van der Waals surface area contributed by atoms with E-state index < -0.39 is 0 Å². The Balaban J connectivity index is 1.46. The SMILES string of the molecule is C[C@@H]1CCC(=O)O[C@@]12CC[C@H]1[C@@H]3CC[C@@H]4CC(O)CC[C@]4(C)[C@H]3CC[C@@]12C. The smallest absolute Gasteiger partial charge is 0.306 e. The van der Waals surface area contributed by atoms with Gasteiger partial charge in [-0.25, -0.2) is 0 Å². The minimum atomic E-state index is -0.196. The van der Waals surface area contributed by atoms with Crippen molar-refractivity contribution in [2.24, 2.45) is 40.4 Å². The second-order valence-corrected chi connectivity index (χ2v) is 11.4. The van der Waals surface area contributed by atoms with Gasteiger partial charge in [0.1, 0.15) is 5.60 Å². The van der Waals surface area contributed by atoms with E-state index in [9.17, 15) is 9.90 Å². The fourth-order valence-electron chi connectivity index (χ4n) is 9.17. The van der Waals surface area contributed by atoms with E-state index in [4.69, 9.17) is 4.74 Å². The highest BCUT2D eigenvalue weighted by molar-refractivity contribution is 5.71. The second-order valence-electron chi connectivity index (χ2n) is 11.4. The summed E-state index contributed by atoms with van der Waals surface area (Å²) in [6.07, 6.45) is 12.3. The first-order valence-corrected chi connectivity index (χ1v) is 11.7. The van der Waals surface area contributed by atoms with Gasteiger partial charge in [-0.3, -0.25) is 4.79 Å². The van der Waals surface area contributed by atoms with Crippen LogP contribution in [0.1, 0.15) is 91.4 Å². The summed E-state index contributed by atoms with van der Waals surface area (Å²) >= 11 is 0. The number of ether oxygens (including phenoxy) is 1. The van der Waals surface area contributed by atoms with Crippen molar-refractivity contribution in [1.82, 2.24) is 0 Å². The Labute approximate surface area is 164 Å². The van der Waals surface area contributed by atoms with Crippen LogP contribution < -0.4 is 0 Å². The van der Waals surface area contributed by atoms with Crippen LogP contribution in [0.4, 0.5) is 0 Å². The summed E-state index contributed by atoms with van der Waals surface area (Å²) in [5.74, 6) is 3.59. The Morgan fingerprint density at radius 3 is 2.56 bits per heavy atom. The zero-order valence-electron chi connectivity index (χ0n) is 17.5. The van der Waals surface area contributed by atoms with Gasteiger partial charge in [0.25, 0.3) is 0 Å². The Hall–Kier alpha value is -0.570. The Bertz CT molecular complexity index is 631. The highest BCUT2D eigenvalue weighted by Gasteiger charge is 2.68. The number of hydrogen-bond donors (Lipinski definition) is 1. The number of fused-ring (bicyclic) bond motifs is 6. The molecule has 152 valence electrons. The molecule has 1 N–H and O–H groups in total. The molecule has 1 spiro atoms. The summed E-state index contributed by atoms with van der Waals surface area (Å²) in [5, 5.41) is 10.2. The third kappa shape index (κ3) is 2.33. The lowest BCUT2D eigenvalue weighted by Crippen LogP contribution is -2.60. The number of aliphatic hydroxyl groups is 1. The molecule has 4 aliphatic carbocycles. The highest BCUT2D eigenvalue weighted by atomic mass is 16.6. The first-order valence-electron chi connectivity index (χ1n) is 11.7. The Kier molecular flexibility index (Phi) is 4.08. The predicted molar refractivity (Wildman–Crippen MR) is 105 cm³/mol. The lowest BCUT2D eigenvalue weighted by molar-refractivity contribution is -0.213. The van der Waals surface area contributed by atoms with Gasteiger partial charge < -0.3 is 9.84 Å². The van der Waals surface area contributed by atoms with Crippen LogP contribution >= 0.6 is 0 Å². The molecule has 5 fully saturated rings. The third-order valence-electron chi connectivity index (χ3n) is 10.7. The third-order valence-corrected chi connectivity index (χ3v) is 10.7.